The Morgan fingerprint density at radius 2 is 0.770 bits per heavy atom. The van der Waals surface area contributed by atoms with E-state index in [4.69, 9.17) is 4.74 Å². The Labute approximate surface area is 380 Å². The summed E-state index contributed by atoms with van der Waals surface area (Å²) < 4.78 is 5.42. The Morgan fingerprint density at radius 3 is 1.16 bits per heavy atom. The first kappa shape index (κ1) is 59.6. The lowest BCUT2D eigenvalue weighted by Crippen LogP contribution is -2.45. The van der Waals surface area contributed by atoms with E-state index in [1.54, 1.807) is 0 Å². The van der Waals surface area contributed by atoms with E-state index >= 15 is 0 Å². The number of ether oxygens (including phenoxy) is 1. The predicted octanol–water partition coefficient (Wildman–Crippen LogP) is 16.5. The fraction of sp³-hybridized carbons (Fsp3) is 0.927. The number of hydrogen-bond acceptors (Lipinski definition) is 5. The average Bonchev–Trinajstić information content (AvgIpc) is 3.26. The molecule has 0 rings (SSSR count). The molecule has 1 amide bonds. The largest absolute Gasteiger partial charge is 0.466 e. The molecule has 0 aromatic heterocycles. The van der Waals surface area contributed by atoms with Crippen LogP contribution in [0.3, 0.4) is 0 Å². The van der Waals surface area contributed by atoms with Crippen LogP contribution in [0, 0.1) is 0 Å². The third kappa shape index (κ3) is 47.9. The zero-order valence-electron chi connectivity index (χ0n) is 41.2. The number of allylic oxidation sites excluding steroid dienone is 2. The monoisotopic (exact) mass is 862 g/mol. The van der Waals surface area contributed by atoms with Gasteiger partial charge in [0.05, 0.1) is 25.4 Å². The van der Waals surface area contributed by atoms with Gasteiger partial charge >= 0.3 is 5.97 Å². The molecule has 0 saturated heterocycles. The lowest BCUT2D eigenvalue weighted by atomic mass is 10.0. The van der Waals surface area contributed by atoms with Gasteiger partial charge in [-0.25, -0.2) is 0 Å². The molecule has 0 aliphatic carbocycles. The van der Waals surface area contributed by atoms with Crippen LogP contribution in [-0.4, -0.2) is 47.4 Å². The van der Waals surface area contributed by atoms with Crippen LogP contribution in [0.5, 0.6) is 0 Å². The molecule has 2 unspecified atom stereocenters. The molecule has 0 aromatic carbocycles. The van der Waals surface area contributed by atoms with Crippen LogP contribution in [0.4, 0.5) is 0 Å². The lowest BCUT2D eigenvalue weighted by molar-refractivity contribution is -0.143. The molecule has 0 spiro atoms. The van der Waals surface area contributed by atoms with Gasteiger partial charge < -0.3 is 20.3 Å². The van der Waals surface area contributed by atoms with Gasteiger partial charge in [0, 0.05) is 12.8 Å². The molecule has 6 nitrogen and oxygen atoms in total. The molecule has 0 heterocycles. The summed E-state index contributed by atoms with van der Waals surface area (Å²) in [7, 11) is 0. The number of carbonyl (C=O) groups excluding carboxylic acids is 2. The summed E-state index contributed by atoms with van der Waals surface area (Å²) in [5, 5.41) is 23.3. The van der Waals surface area contributed by atoms with Crippen molar-refractivity contribution in [2.75, 3.05) is 13.2 Å². The highest BCUT2D eigenvalue weighted by Crippen LogP contribution is 2.17. The van der Waals surface area contributed by atoms with Crippen molar-refractivity contribution < 1.29 is 24.5 Å². The second-order valence-corrected chi connectivity index (χ2v) is 18.9. The minimum Gasteiger partial charge on any atom is -0.466 e. The van der Waals surface area contributed by atoms with Crippen LogP contribution >= 0.6 is 0 Å². The van der Waals surface area contributed by atoms with Gasteiger partial charge in [-0.15, -0.1) is 0 Å². The zero-order valence-corrected chi connectivity index (χ0v) is 41.2. The van der Waals surface area contributed by atoms with Gasteiger partial charge in [-0.3, -0.25) is 9.59 Å². The van der Waals surface area contributed by atoms with Crippen molar-refractivity contribution in [3.05, 3.63) is 12.2 Å². The average molecular weight is 862 g/mol. The fourth-order valence-corrected chi connectivity index (χ4v) is 8.58. The molecule has 0 radical (unpaired) electrons. The number of hydrogen-bond donors (Lipinski definition) is 3. The summed E-state index contributed by atoms with van der Waals surface area (Å²) in [6, 6.07) is -0.566. The number of aliphatic hydroxyl groups is 2. The highest BCUT2D eigenvalue weighted by molar-refractivity contribution is 5.76. The van der Waals surface area contributed by atoms with Gasteiger partial charge in [-0.2, -0.15) is 0 Å². The summed E-state index contributed by atoms with van der Waals surface area (Å²) in [4.78, 5) is 24.4. The van der Waals surface area contributed by atoms with Gasteiger partial charge in [0.1, 0.15) is 0 Å². The van der Waals surface area contributed by atoms with Gasteiger partial charge in [-0.1, -0.05) is 251 Å². The molecule has 6 heteroatoms. The Morgan fingerprint density at radius 1 is 0.443 bits per heavy atom. The molecular formula is C55H107NO5. The summed E-state index contributed by atoms with van der Waals surface area (Å²) in [6.45, 7) is 4.88. The summed E-state index contributed by atoms with van der Waals surface area (Å²) in [5.41, 5.74) is 0. The van der Waals surface area contributed by atoms with Crippen LogP contribution in [0.15, 0.2) is 12.2 Å². The first-order valence-corrected chi connectivity index (χ1v) is 27.4. The molecule has 0 aliphatic rings. The molecule has 61 heavy (non-hydrogen) atoms. The van der Waals surface area contributed by atoms with Crippen molar-refractivity contribution in [3.63, 3.8) is 0 Å². The fourth-order valence-electron chi connectivity index (χ4n) is 8.58. The number of carbonyl (C=O) groups is 2. The molecule has 0 aromatic rings. The van der Waals surface area contributed by atoms with Crippen molar-refractivity contribution in [2.24, 2.45) is 0 Å². The van der Waals surface area contributed by atoms with Crippen LogP contribution < -0.4 is 5.32 Å². The van der Waals surface area contributed by atoms with E-state index in [0.717, 1.165) is 77.0 Å². The molecule has 0 saturated carbocycles. The van der Waals surface area contributed by atoms with Crippen molar-refractivity contribution in [1.82, 2.24) is 5.32 Å². The number of aliphatic hydroxyl groups excluding tert-OH is 2. The molecule has 362 valence electrons. The smallest absolute Gasteiger partial charge is 0.305 e. The summed E-state index contributed by atoms with van der Waals surface area (Å²) in [6.07, 6.45) is 59.1. The Bertz CT molecular complexity index is 909. The minimum absolute atomic E-state index is 0.0357. The summed E-state index contributed by atoms with van der Waals surface area (Å²) >= 11 is 0. The predicted molar refractivity (Wildman–Crippen MR) is 264 cm³/mol. The molecule has 2 atom stereocenters. The zero-order chi connectivity index (χ0) is 44.4. The van der Waals surface area contributed by atoms with Crippen LogP contribution in [0.25, 0.3) is 0 Å². The highest BCUT2D eigenvalue weighted by Gasteiger charge is 2.20. The van der Waals surface area contributed by atoms with Gasteiger partial charge in [0.25, 0.3) is 0 Å². The Balaban J connectivity index is 3.50. The van der Waals surface area contributed by atoms with Gasteiger partial charge in [0.2, 0.25) is 5.91 Å². The quantitative estimate of drug-likeness (QED) is 0.0322. The first-order valence-electron chi connectivity index (χ1n) is 27.4. The maximum Gasteiger partial charge on any atom is 0.305 e. The van der Waals surface area contributed by atoms with Crippen LogP contribution in [0.2, 0.25) is 0 Å². The molecule has 3 N–H and O–H groups in total. The van der Waals surface area contributed by atoms with E-state index in [1.165, 1.54) is 193 Å². The van der Waals surface area contributed by atoms with Gasteiger partial charge in [-0.05, 0) is 51.4 Å². The van der Waals surface area contributed by atoms with E-state index in [9.17, 15) is 19.8 Å². The van der Waals surface area contributed by atoms with E-state index in [2.05, 4.69) is 31.3 Å². The summed E-state index contributed by atoms with van der Waals surface area (Å²) in [5.74, 6) is -0.103. The van der Waals surface area contributed by atoms with Crippen molar-refractivity contribution >= 4 is 11.9 Å². The van der Waals surface area contributed by atoms with Crippen molar-refractivity contribution in [3.8, 4) is 0 Å². The second-order valence-electron chi connectivity index (χ2n) is 18.9. The maximum absolute atomic E-state index is 12.5. The Hall–Kier alpha value is -1.40. The molecule has 0 bridgehead atoms. The normalized spacial score (nSPS) is 12.7. The SMILES string of the molecule is CCCCCCCCCCCCCCCCCCCCCCCCCC(O)C(CO)NC(=O)CCCCCC/C=C\CCCCOC(=O)CCCCCCCCCCCCC. The van der Waals surface area contributed by atoms with Crippen LogP contribution in [0.1, 0.15) is 303 Å². The minimum atomic E-state index is -0.685. The van der Waals surface area contributed by atoms with Crippen molar-refractivity contribution in [2.45, 2.75) is 315 Å². The number of rotatable bonds is 51. The number of unbranched alkanes of at least 4 members (excludes halogenated alkanes) is 38. The van der Waals surface area contributed by atoms with Crippen molar-refractivity contribution in [1.29, 1.82) is 0 Å². The standard InChI is InChI=1S/C55H107NO5/c1-3-5-7-9-11-13-15-16-17-18-19-20-21-22-23-24-25-26-28-31-35-39-43-47-53(58)52(51-57)56-54(59)48-44-40-36-32-29-30-34-38-42-46-50-61-55(60)49-45-41-37-33-27-14-12-10-8-6-4-2/h30,34,52-53,57-58H,3-29,31-33,35-51H2,1-2H3,(H,56,59)/b34-30-. The Kier molecular flexibility index (Phi) is 50.1. The highest BCUT2D eigenvalue weighted by atomic mass is 16.5. The lowest BCUT2D eigenvalue weighted by Gasteiger charge is -2.22. The maximum atomic E-state index is 12.5. The molecule has 0 fully saturated rings. The van der Waals surface area contributed by atoms with E-state index in [1.807, 2.05) is 0 Å². The third-order valence-corrected chi connectivity index (χ3v) is 12.8. The number of esters is 1. The first-order chi connectivity index (χ1) is 30.0. The van der Waals surface area contributed by atoms with Crippen LogP contribution in [-0.2, 0) is 14.3 Å². The topological polar surface area (TPSA) is 95.9 Å². The van der Waals surface area contributed by atoms with E-state index in [0.29, 0.717) is 25.9 Å². The van der Waals surface area contributed by atoms with Gasteiger partial charge in [0.15, 0.2) is 0 Å². The van der Waals surface area contributed by atoms with E-state index in [-0.39, 0.29) is 18.5 Å². The second kappa shape index (κ2) is 51.2. The third-order valence-electron chi connectivity index (χ3n) is 12.8. The number of amides is 1. The molecular weight excluding hydrogens is 755 g/mol. The molecule has 0 aliphatic heterocycles. The van der Waals surface area contributed by atoms with E-state index < -0.39 is 12.1 Å². The number of nitrogens with one attached hydrogen (secondary N) is 1.